The predicted molar refractivity (Wildman–Crippen MR) is 76.2 cm³/mol. The number of benzene rings is 1. The number of rotatable bonds is 4. The van der Waals surface area contributed by atoms with Crippen LogP contribution in [0.15, 0.2) is 24.5 Å². The molecule has 9 heteroatoms. The first kappa shape index (κ1) is 13.8. The Kier molecular flexibility index (Phi) is 3.52. The van der Waals surface area contributed by atoms with E-state index in [2.05, 4.69) is 19.9 Å². The van der Waals surface area contributed by atoms with Crippen molar-refractivity contribution in [2.24, 2.45) is 0 Å². The Hall–Kier alpha value is -2.13. The van der Waals surface area contributed by atoms with Gasteiger partial charge in [0.05, 0.1) is 5.69 Å². The van der Waals surface area contributed by atoms with Crippen LogP contribution in [0.5, 0.6) is 5.75 Å². The fourth-order valence-electron chi connectivity index (χ4n) is 2.27. The summed E-state index contributed by atoms with van der Waals surface area (Å²) in [5, 5.41) is 16.6. The van der Waals surface area contributed by atoms with Gasteiger partial charge in [-0.15, -0.1) is 0 Å². The van der Waals surface area contributed by atoms with E-state index in [0.29, 0.717) is 31.6 Å². The number of H-pyrrole nitrogens is 1. The molecule has 1 saturated heterocycles. The number of phenolic OH excluding ortho intramolecular Hbond substituents is 1. The van der Waals surface area contributed by atoms with Crippen LogP contribution in [0.3, 0.4) is 0 Å². The Morgan fingerprint density at radius 1 is 1.33 bits per heavy atom. The van der Waals surface area contributed by atoms with E-state index in [1.807, 2.05) is 0 Å². The van der Waals surface area contributed by atoms with Gasteiger partial charge in [0.1, 0.15) is 17.9 Å². The number of aromatic amines is 1. The molecule has 0 amide bonds. The number of phenols is 1. The van der Waals surface area contributed by atoms with Gasteiger partial charge in [-0.2, -0.15) is 18.2 Å². The van der Waals surface area contributed by atoms with Crippen LogP contribution >= 0.6 is 0 Å². The fourth-order valence-corrected chi connectivity index (χ4v) is 3.52. The molecule has 1 aromatic carbocycles. The molecule has 3 N–H and O–H groups in total. The fraction of sp³-hybridized carbons (Fsp3) is 0.333. The summed E-state index contributed by atoms with van der Waals surface area (Å²) < 4.78 is 27.1. The Balaban J connectivity index is 1.77. The molecule has 2 aromatic rings. The Morgan fingerprint density at radius 2 is 2.19 bits per heavy atom. The average molecular weight is 309 g/mol. The van der Waals surface area contributed by atoms with Gasteiger partial charge in [0.25, 0.3) is 0 Å². The standard InChI is InChI=1S/C12H15N5O3S/c18-11-7-9(2-4-12-13-8-14-16-12)1-3-10(11)17-6-5-15-21(17,19)20/h1,3,7-8,15,18H,2,4-6H2,(H,13,14,16). The van der Waals surface area contributed by atoms with E-state index < -0.39 is 10.2 Å². The second kappa shape index (κ2) is 5.34. The molecule has 0 saturated carbocycles. The Labute approximate surface area is 122 Å². The number of aromatic hydroxyl groups is 1. The molecule has 0 aliphatic carbocycles. The minimum atomic E-state index is -3.52. The molecule has 0 unspecified atom stereocenters. The maximum Gasteiger partial charge on any atom is 0.301 e. The quantitative estimate of drug-likeness (QED) is 0.733. The van der Waals surface area contributed by atoms with Crippen molar-refractivity contribution >= 4 is 15.9 Å². The molecule has 1 fully saturated rings. The highest BCUT2D eigenvalue weighted by Gasteiger charge is 2.29. The summed E-state index contributed by atoms with van der Waals surface area (Å²) in [6, 6.07) is 5.01. The lowest BCUT2D eigenvalue weighted by molar-refractivity contribution is 0.475. The number of nitrogens with zero attached hydrogens (tertiary/aromatic N) is 3. The lowest BCUT2D eigenvalue weighted by Crippen LogP contribution is -2.29. The molecular formula is C12H15N5O3S. The van der Waals surface area contributed by atoms with E-state index in [9.17, 15) is 13.5 Å². The van der Waals surface area contributed by atoms with Crippen molar-refractivity contribution in [3.8, 4) is 5.75 Å². The summed E-state index contributed by atoms with van der Waals surface area (Å²) >= 11 is 0. The SMILES string of the molecule is O=S1(=O)NCCN1c1ccc(CCc2ncn[nH]2)cc1O. The largest absolute Gasteiger partial charge is 0.506 e. The average Bonchev–Trinajstić information content (AvgIpc) is 3.06. The first-order chi connectivity index (χ1) is 10.1. The first-order valence-corrected chi connectivity index (χ1v) is 7.94. The number of hydrogen-bond acceptors (Lipinski definition) is 5. The summed E-state index contributed by atoms with van der Waals surface area (Å²) in [4.78, 5) is 4.03. The highest BCUT2D eigenvalue weighted by Crippen LogP contribution is 2.31. The molecule has 2 heterocycles. The van der Waals surface area contributed by atoms with Crippen LogP contribution in [-0.2, 0) is 23.1 Å². The zero-order valence-corrected chi connectivity index (χ0v) is 12.0. The molecule has 3 rings (SSSR count). The topological polar surface area (TPSA) is 111 Å². The maximum absolute atomic E-state index is 11.8. The third-order valence-electron chi connectivity index (χ3n) is 3.31. The minimum absolute atomic E-state index is 0.0441. The molecule has 0 bridgehead atoms. The van der Waals surface area contributed by atoms with Crippen LogP contribution in [-0.4, -0.2) is 41.8 Å². The van der Waals surface area contributed by atoms with Crippen LogP contribution in [0.2, 0.25) is 0 Å². The van der Waals surface area contributed by atoms with Gasteiger partial charge in [-0.25, -0.2) is 4.98 Å². The lowest BCUT2D eigenvalue weighted by atomic mass is 10.1. The van der Waals surface area contributed by atoms with Gasteiger partial charge < -0.3 is 5.11 Å². The van der Waals surface area contributed by atoms with Crippen molar-refractivity contribution in [1.29, 1.82) is 0 Å². The van der Waals surface area contributed by atoms with Gasteiger partial charge in [-0.05, 0) is 24.1 Å². The van der Waals surface area contributed by atoms with E-state index in [4.69, 9.17) is 0 Å². The summed E-state index contributed by atoms with van der Waals surface area (Å²) in [6.07, 6.45) is 2.79. The maximum atomic E-state index is 11.8. The number of hydrogen-bond donors (Lipinski definition) is 3. The van der Waals surface area contributed by atoms with Crippen molar-refractivity contribution in [2.45, 2.75) is 12.8 Å². The second-order valence-corrected chi connectivity index (χ2v) is 6.41. The normalized spacial score (nSPS) is 17.2. The Morgan fingerprint density at radius 3 is 2.81 bits per heavy atom. The van der Waals surface area contributed by atoms with E-state index >= 15 is 0 Å². The van der Waals surface area contributed by atoms with Gasteiger partial charge in [-0.1, -0.05) is 6.07 Å². The molecule has 8 nitrogen and oxygen atoms in total. The molecule has 1 aliphatic rings. The van der Waals surface area contributed by atoms with Crippen molar-refractivity contribution in [2.75, 3.05) is 17.4 Å². The smallest absolute Gasteiger partial charge is 0.301 e. The van der Waals surface area contributed by atoms with Crippen LogP contribution in [0.25, 0.3) is 0 Å². The number of nitrogens with one attached hydrogen (secondary N) is 2. The molecule has 1 aromatic heterocycles. The lowest BCUT2D eigenvalue weighted by Gasteiger charge is -2.17. The monoisotopic (exact) mass is 309 g/mol. The number of aryl methyl sites for hydroxylation is 2. The summed E-state index contributed by atoms with van der Waals surface area (Å²) in [7, 11) is -3.52. The van der Waals surface area contributed by atoms with Crippen LogP contribution < -0.4 is 9.03 Å². The zero-order valence-electron chi connectivity index (χ0n) is 11.2. The molecule has 0 radical (unpaired) electrons. The minimum Gasteiger partial charge on any atom is -0.506 e. The number of anilines is 1. The van der Waals surface area contributed by atoms with Crippen LogP contribution in [0.1, 0.15) is 11.4 Å². The van der Waals surface area contributed by atoms with E-state index in [1.165, 1.54) is 10.6 Å². The molecule has 0 atom stereocenters. The second-order valence-electron chi connectivity index (χ2n) is 4.73. The van der Waals surface area contributed by atoms with Crippen LogP contribution in [0, 0.1) is 0 Å². The van der Waals surface area contributed by atoms with Gasteiger partial charge in [0.2, 0.25) is 0 Å². The van der Waals surface area contributed by atoms with E-state index in [-0.39, 0.29) is 5.75 Å². The van der Waals surface area contributed by atoms with Crippen molar-refractivity contribution in [3.63, 3.8) is 0 Å². The Bertz CT molecular complexity index is 729. The predicted octanol–water partition coefficient (Wildman–Crippen LogP) is -0.0501. The summed E-state index contributed by atoms with van der Waals surface area (Å²) in [5.74, 6) is 0.724. The molecule has 21 heavy (non-hydrogen) atoms. The third-order valence-corrected chi connectivity index (χ3v) is 4.84. The van der Waals surface area contributed by atoms with Gasteiger partial charge >= 0.3 is 10.2 Å². The van der Waals surface area contributed by atoms with Crippen molar-refractivity contribution in [3.05, 3.63) is 35.9 Å². The molecule has 1 aliphatic heterocycles. The van der Waals surface area contributed by atoms with Gasteiger partial charge in [0.15, 0.2) is 0 Å². The summed E-state index contributed by atoms with van der Waals surface area (Å²) in [5.41, 5.74) is 1.20. The first-order valence-electron chi connectivity index (χ1n) is 6.50. The van der Waals surface area contributed by atoms with Crippen LogP contribution in [0.4, 0.5) is 5.69 Å². The number of aromatic nitrogens is 3. The van der Waals surface area contributed by atoms with Crippen molar-refractivity contribution in [1.82, 2.24) is 19.9 Å². The van der Waals surface area contributed by atoms with E-state index in [1.54, 1.807) is 18.2 Å². The molecule has 112 valence electrons. The third kappa shape index (κ3) is 2.83. The highest BCUT2D eigenvalue weighted by atomic mass is 32.2. The highest BCUT2D eigenvalue weighted by molar-refractivity contribution is 7.91. The van der Waals surface area contributed by atoms with Crippen molar-refractivity contribution < 1.29 is 13.5 Å². The van der Waals surface area contributed by atoms with Gasteiger partial charge in [-0.3, -0.25) is 9.40 Å². The summed E-state index contributed by atoms with van der Waals surface area (Å²) in [6.45, 7) is 0.655. The van der Waals surface area contributed by atoms with E-state index in [0.717, 1.165) is 11.4 Å². The zero-order chi connectivity index (χ0) is 14.9. The van der Waals surface area contributed by atoms with Gasteiger partial charge in [0, 0.05) is 19.5 Å². The molecule has 0 spiro atoms. The molecular weight excluding hydrogens is 294 g/mol.